The van der Waals surface area contributed by atoms with Gasteiger partial charge in [0.15, 0.2) is 0 Å². The Morgan fingerprint density at radius 1 is 1.35 bits per heavy atom. The first-order valence-electron chi connectivity index (χ1n) is 5.76. The second-order valence-corrected chi connectivity index (χ2v) is 4.57. The van der Waals surface area contributed by atoms with Gasteiger partial charge in [0.25, 0.3) is 0 Å². The van der Waals surface area contributed by atoms with Crippen LogP contribution < -0.4 is 4.90 Å². The van der Waals surface area contributed by atoms with Crippen LogP contribution >= 0.6 is 0 Å². The Morgan fingerprint density at radius 3 is 2.76 bits per heavy atom. The molecule has 94 valence electrons. The number of pyridine rings is 1. The van der Waals surface area contributed by atoms with Crippen LogP contribution in [0.1, 0.15) is 25.5 Å². The third kappa shape index (κ3) is 2.90. The van der Waals surface area contributed by atoms with Crippen LogP contribution in [0.4, 0.5) is 19.0 Å². The monoisotopic (exact) mass is 244 g/mol. The fraction of sp³-hybridized carbons (Fsp3) is 0.583. The summed E-state index contributed by atoms with van der Waals surface area (Å²) in [5.41, 5.74) is -0.812. The molecule has 1 atom stereocenters. The van der Waals surface area contributed by atoms with E-state index in [9.17, 15) is 13.2 Å². The Hall–Kier alpha value is -1.26. The minimum Gasteiger partial charge on any atom is -0.356 e. The van der Waals surface area contributed by atoms with Crippen molar-refractivity contribution in [2.75, 3.05) is 18.0 Å². The molecular weight excluding hydrogens is 229 g/mol. The van der Waals surface area contributed by atoms with Crippen LogP contribution in [0.2, 0.25) is 0 Å². The van der Waals surface area contributed by atoms with E-state index in [-0.39, 0.29) is 0 Å². The Labute approximate surface area is 98.5 Å². The molecule has 0 spiro atoms. The molecule has 1 fully saturated rings. The smallest absolute Gasteiger partial charge is 0.356 e. The molecule has 0 aliphatic carbocycles. The van der Waals surface area contributed by atoms with E-state index in [1.54, 1.807) is 6.07 Å². The molecule has 0 saturated carbocycles. The van der Waals surface area contributed by atoms with Crippen LogP contribution in [0.3, 0.4) is 0 Å². The fourth-order valence-electron chi connectivity index (χ4n) is 2.15. The lowest BCUT2D eigenvalue weighted by molar-refractivity contribution is -0.141. The molecule has 0 aromatic carbocycles. The lowest BCUT2D eigenvalue weighted by atomic mass is 10.0. The number of aromatic nitrogens is 1. The van der Waals surface area contributed by atoms with E-state index >= 15 is 0 Å². The van der Waals surface area contributed by atoms with Gasteiger partial charge < -0.3 is 4.90 Å². The van der Waals surface area contributed by atoms with Crippen molar-refractivity contribution in [2.24, 2.45) is 5.92 Å². The predicted octanol–water partition coefficient (Wildman–Crippen LogP) is 3.34. The highest BCUT2D eigenvalue weighted by Gasteiger charge is 2.33. The second kappa shape index (κ2) is 4.55. The van der Waals surface area contributed by atoms with Crippen LogP contribution in [0.15, 0.2) is 18.2 Å². The van der Waals surface area contributed by atoms with E-state index in [4.69, 9.17) is 0 Å². The number of anilines is 1. The number of hydrogen-bond donors (Lipinski definition) is 0. The molecule has 5 heteroatoms. The maximum Gasteiger partial charge on any atom is 0.433 e. The summed E-state index contributed by atoms with van der Waals surface area (Å²) >= 11 is 0. The highest BCUT2D eigenvalue weighted by atomic mass is 19.4. The minimum absolute atomic E-state index is 0.436. The van der Waals surface area contributed by atoms with Gasteiger partial charge in [-0.2, -0.15) is 13.2 Å². The van der Waals surface area contributed by atoms with Gasteiger partial charge in [-0.25, -0.2) is 4.98 Å². The summed E-state index contributed by atoms with van der Waals surface area (Å²) in [6.07, 6.45) is -2.22. The van der Waals surface area contributed by atoms with Gasteiger partial charge >= 0.3 is 6.18 Å². The van der Waals surface area contributed by atoms with E-state index in [1.165, 1.54) is 6.07 Å². The molecule has 1 aliphatic heterocycles. The van der Waals surface area contributed by atoms with Crippen molar-refractivity contribution in [3.63, 3.8) is 0 Å². The highest BCUT2D eigenvalue weighted by Crippen LogP contribution is 2.29. The van der Waals surface area contributed by atoms with Gasteiger partial charge in [0, 0.05) is 13.1 Å². The van der Waals surface area contributed by atoms with Crippen molar-refractivity contribution in [1.82, 2.24) is 4.98 Å². The topological polar surface area (TPSA) is 16.1 Å². The van der Waals surface area contributed by atoms with Gasteiger partial charge in [0.2, 0.25) is 0 Å². The van der Waals surface area contributed by atoms with Gasteiger partial charge in [-0.3, -0.25) is 0 Å². The SMILES string of the molecule is C[C@@H]1CCCN(c2cccc(C(F)(F)F)n2)C1. The summed E-state index contributed by atoms with van der Waals surface area (Å²) in [5.74, 6) is 0.950. The zero-order chi connectivity index (χ0) is 12.5. The van der Waals surface area contributed by atoms with Crippen LogP contribution in [0, 0.1) is 5.92 Å². The van der Waals surface area contributed by atoms with Gasteiger partial charge in [0.05, 0.1) is 0 Å². The normalized spacial score (nSPS) is 21.6. The van der Waals surface area contributed by atoms with Crippen molar-refractivity contribution < 1.29 is 13.2 Å². The van der Waals surface area contributed by atoms with Crippen LogP contribution in [0.25, 0.3) is 0 Å². The van der Waals surface area contributed by atoms with Crippen molar-refractivity contribution in [1.29, 1.82) is 0 Å². The molecule has 2 nitrogen and oxygen atoms in total. The molecule has 2 heterocycles. The number of piperidine rings is 1. The predicted molar refractivity (Wildman–Crippen MR) is 59.9 cm³/mol. The average molecular weight is 244 g/mol. The highest BCUT2D eigenvalue weighted by molar-refractivity contribution is 5.40. The summed E-state index contributed by atoms with van der Waals surface area (Å²) in [7, 11) is 0. The zero-order valence-corrected chi connectivity index (χ0v) is 9.67. The molecule has 1 aliphatic rings. The molecule has 0 bridgehead atoms. The Kier molecular flexibility index (Phi) is 3.26. The maximum atomic E-state index is 12.5. The molecule has 0 radical (unpaired) electrons. The van der Waals surface area contributed by atoms with Crippen molar-refractivity contribution >= 4 is 5.82 Å². The van der Waals surface area contributed by atoms with E-state index < -0.39 is 11.9 Å². The number of hydrogen-bond acceptors (Lipinski definition) is 2. The minimum atomic E-state index is -4.36. The van der Waals surface area contributed by atoms with E-state index in [2.05, 4.69) is 11.9 Å². The van der Waals surface area contributed by atoms with Gasteiger partial charge in [-0.15, -0.1) is 0 Å². The van der Waals surface area contributed by atoms with Crippen molar-refractivity contribution in [3.05, 3.63) is 23.9 Å². The molecule has 1 saturated heterocycles. The lowest BCUT2D eigenvalue weighted by Gasteiger charge is -2.32. The van der Waals surface area contributed by atoms with Crippen LogP contribution in [-0.4, -0.2) is 18.1 Å². The lowest BCUT2D eigenvalue weighted by Crippen LogP contribution is -2.35. The van der Waals surface area contributed by atoms with E-state index in [0.717, 1.165) is 32.0 Å². The quantitative estimate of drug-likeness (QED) is 0.753. The van der Waals surface area contributed by atoms with Gasteiger partial charge in [-0.1, -0.05) is 13.0 Å². The zero-order valence-electron chi connectivity index (χ0n) is 9.67. The molecule has 2 rings (SSSR count). The van der Waals surface area contributed by atoms with E-state index in [0.29, 0.717) is 11.7 Å². The van der Waals surface area contributed by atoms with Crippen molar-refractivity contribution in [2.45, 2.75) is 25.9 Å². The number of alkyl halides is 3. The summed E-state index contributed by atoms with van der Waals surface area (Å²) < 4.78 is 37.6. The van der Waals surface area contributed by atoms with E-state index in [1.807, 2.05) is 4.90 Å². The molecule has 1 aromatic rings. The molecule has 0 N–H and O–H groups in total. The summed E-state index contributed by atoms with van der Waals surface area (Å²) in [4.78, 5) is 5.64. The summed E-state index contributed by atoms with van der Waals surface area (Å²) in [5, 5.41) is 0. The number of halogens is 3. The second-order valence-electron chi connectivity index (χ2n) is 4.57. The first-order valence-corrected chi connectivity index (χ1v) is 5.76. The van der Waals surface area contributed by atoms with Crippen LogP contribution in [0.5, 0.6) is 0 Å². The standard InChI is InChI=1S/C12H15F3N2/c1-9-4-3-7-17(8-9)11-6-2-5-10(16-11)12(13,14)15/h2,5-6,9H,3-4,7-8H2,1H3/t9-/m1/s1. The third-order valence-corrected chi connectivity index (χ3v) is 3.01. The molecule has 0 unspecified atom stereocenters. The number of nitrogens with zero attached hydrogens (tertiary/aromatic N) is 2. The first kappa shape index (κ1) is 12.2. The Morgan fingerprint density at radius 2 is 2.12 bits per heavy atom. The molecule has 17 heavy (non-hydrogen) atoms. The Balaban J connectivity index is 2.21. The van der Waals surface area contributed by atoms with Gasteiger partial charge in [0.1, 0.15) is 11.5 Å². The van der Waals surface area contributed by atoms with Gasteiger partial charge in [-0.05, 0) is 30.9 Å². The average Bonchev–Trinajstić information content (AvgIpc) is 2.28. The molecular formula is C12H15F3N2. The summed E-state index contributed by atoms with van der Waals surface area (Å²) in [6, 6.07) is 4.08. The molecule has 1 aromatic heterocycles. The summed E-state index contributed by atoms with van der Waals surface area (Å²) in [6.45, 7) is 3.69. The largest absolute Gasteiger partial charge is 0.433 e. The van der Waals surface area contributed by atoms with Crippen molar-refractivity contribution in [3.8, 4) is 0 Å². The third-order valence-electron chi connectivity index (χ3n) is 3.01. The Bertz CT molecular complexity index is 390. The maximum absolute atomic E-state index is 12.5. The first-order chi connectivity index (χ1) is 7.97. The number of rotatable bonds is 1. The molecule has 0 amide bonds. The fourth-order valence-corrected chi connectivity index (χ4v) is 2.15. The van der Waals surface area contributed by atoms with Crippen LogP contribution in [-0.2, 0) is 6.18 Å².